The SMILES string of the molecule is CCCNC1CC(c2ccc(C)s2)C1C. The van der Waals surface area contributed by atoms with Gasteiger partial charge in [-0.25, -0.2) is 0 Å². The first-order chi connectivity index (χ1) is 7.22. The van der Waals surface area contributed by atoms with E-state index in [1.165, 1.54) is 24.3 Å². The topological polar surface area (TPSA) is 12.0 Å². The Labute approximate surface area is 96.9 Å². The summed E-state index contributed by atoms with van der Waals surface area (Å²) in [4.78, 5) is 3.04. The minimum Gasteiger partial charge on any atom is -0.314 e. The summed E-state index contributed by atoms with van der Waals surface area (Å²) in [5.74, 6) is 1.63. The average molecular weight is 223 g/mol. The molecular formula is C13H21NS. The highest BCUT2D eigenvalue weighted by Crippen LogP contribution is 2.44. The lowest BCUT2D eigenvalue weighted by Crippen LogP contribution is -2.47. The van der Waals surface area contributed by atoms with Crippen LogP contribution in [0.15, 0.2) is 12.1 Å². The third-order valence-corrected chi connectivity index (χ3v) is 4.69. The zero-order chi connectivity index (χ0) is 10.8. The molecule has 2 heteroatoms. The zero-order valence-corrected chi connectivity index (χ0v) is 10.7. The van der Waals surface area contributed by atoms with Crippen molar-refractivity contribution in [2.45, 2.75) is 45.6 Å². The lowest BCUT2D eigenvalue weighted by Gasteiger charge is -2.43. The van der Waals surface area contributed by atoms with E-state index in [9.17, 15) is 0 Å². The van der Waals surface area contributed by atoms with Gasteiger partial charge < -0.3 is 5.32 Å². The maximum atomic E-state index is 3.63. The van der Waals surface area contributed by atoms with Gasteiger partial charge in [-0.05, 0) is 50.3 Å². The molecule has 1 aliphatic rings. The van der Waals surface area contributed by atoms with Gasteiger partial charge in [0.05, 0.1) is 0 Å². The monoisotopic (exact) mass is 223 g/mol. The molecule has 1 fully saturated rings. The summed E-state index contributed by atoms with van der Waals surface area (Å²) in [5.41, 5.74) is 0. The molecule has 0 radical (unpaired) electrons. The first kappa shape index (κ1) is 11.2. The fraction of sp³-hybridized carbons (Fsp3) is 0.692. The van der Waals surface area contributed by atoms with Crippen LogP contribution in [0.4, 0.5) is 0 Å². The summed E-state index contributed by atoms with van der Waals surface area (Å²) in [7, 11) is 0. The van der Waals surface area contributed by atoms with Crippen LogP contribution < -0.4 is 5.32 Å². The van der Waals surface area contributed by atoms with Gasteiger partial charge in [0.25, 0.3) is 0 Å². The molecule has 1 saturated carbocycles. The van der Waals surface area contributed by atoms with Crippen molar-refractivity contribution in [1.82, 2.24) is 5.32 Å². The summed E-state index contributed by atoms with van der Waals surface area (Å²) >= 11 is 1.97. The molecule has 0 spiro atoms. The molecule has 15 heavy (non-hydrogen) atoms. The molecule has 0 aliphatic heterocycles. The average Bonchev–Trinajstić information content (AvgIpc) is 2.62. The molecule has 3 atom stereocenters. The molecule has 0 saturated heterocycles. The van der Waals surface area contributed by atoms with E-state index in [4.69, 9.17) is 0 Å². The van der Waals surface area contributed by atoms with Gasteiger partial charge >= 0.3 is 0 Å². The molecule has 0 bridgehead atoms. The van der Waals surface area contributed by atoms with Crippen LogP contribution in [-0.4, -0.2) is 12.6 Å². The number of hydrogen-bond donors (Lipinski definition) is 1. The van der Waals surface area contributed by atoms with Crippen LogP contribution in [0.3, 0.4) is 0 Å². The van der Waals surface area contributed by atoms with E-state index < -0.39 is 0 Å². The maximum absolute atomic E-state index is 3.63. The van der Waals surface area contributed by atoms with Crippen molar-refractivity contribution < 1.29 is 0 Å². The number of thiophene rings is 1. The second kappa shape index (κ2) is 4.67. The van der Waals surface area contributed by atoms with Gasteiger partial charge in [0.1, 0.15) is 0 Å². The van der Waals surface area contributed by atoms with Crippen LogP contribution in [0.1, 0.15) is 42.4 Å². The number of nitrogens with one attached hydrogen (secondary N) is 1. The summed E-state index contributed by atoms with van der Waals surface area (Å²) in [6, 6.07) is 5.33. The van der Waals surface area contributed by atoms with Gasteiger partial charge in [0, 0.05) is 15.8 Å². The van der Waals surface area contributed by atoms with Crippen molar-refractivity contribution in [3.8, 4) is 0 Å². The second-order valence-corrected chi connectivity index (χ2v) is 6.03. The number of hydrogen-bond acceptors (Lipinski definition) is 2. The van der Waals surface area contributed by atoms with E-state index in [2.05, 4.69) is 38.2 Å². The van der Waals surface area contributed by atoms with Crippen LogP contribution in [0.25, 0.3) is 0 Å². The van der Waals surface area contributed by atoms with Gasteiger partial charge in [-0.2, -0.15) is 0 Å². The maximum Gasteiger partial charge on any atom is 0.0105 e. The molecule has 0 aromatic carbocycles. The first-order valence-corrected chi connectivity index (χ1v) is 6.83. The highest BCUT2D eigenvalue weighted by molar-refractivity contribution is 7.12. The highest BCUT2D eigenvalue weighted by Gasteiger charge is 2.38. The molecule has 84 valence electrons. The summed E-state index contributed by atoms with van der Waals surface area (Å²) in [6.45, 7) is 7.99. The smallest absolute Gasteiger partial charge is 0.0105 e. The third-order valence-electron chi connectivity index (χ3n) is 3.56. The number of aryl methyl sites for hydroxylation is 1. The largest absolute Gasteiger partial charge is 0.314 e. The quantitative estimate of drug-likeness (QED) is 0.823. The van der Waals surface area contributed by atoms with E-state index in [0.717, 1.165) is 17.9 Å². The minimum absolute atomic E-state index is 0.761. The van der Waals surface area contributed by atoms with Crippen molar-refractivity contribution in [3.63, 3.8) is 0 Å². The third kappa shape index (κ3) is 2.26. The Kier molecular flexibility index (Phi) is 3.47. The highest BCUT2D eigenvalue weighted by atomic mass is 32.1. The van der Waals surface area contributed by atoms with Gasteiger partial charge in [-0.1, -0.05) is 13.8 Å². The molecule has 1 heterocycles. The van der Waals surface area contributed by atoms with Crippen LogP contribution >= 0.6 is 11.3 Å². The molecule has 2 rings (SSSR count). The minimum atomic E-state index is 0.761. The predicted octanol–water partition coefficient (Wildman–Crippen LogP) is 3.55. The molecule has 1 N–H and O–H groups in total. The van der Waals surface area contributed by atoms with E-state index >= 15 is 0 Å². The molecule has 1 aromatic heterocycles. The Morgan fingerprint density at radius 2 is 2.27 bits per heavy atom. The van der Waals surface area contributed by atoms with E-state index in [1.807, 2.05) is 11.3 Å². The molecular weight excluding hydrogens is 202 g/mol. The van der Waals surface area contributed by atoms with E-state index in [1.54, 1.807) is 4.88 Å². The fourth-order valence-electron chi connectivity index (χ4n) is 2.41. The Balaban J connectivity index is 1.88. The van der Waals surface area contributed by atoms with Crippen LogP contribution in [0.5, 0.6) is 0 Å². The van der Waals surface area contributed by atoms with Crippen molar-refractivity contribution in [1.29, 1.82) is 0 Å². The Morgan fingerprint density at radius 3 is 2.80 bits per heavy atom. The molecule has 1 aromatic rings. The predicted molar refractivity (Wildman–Crippen MR) is 67.7 cm³/mol. The second-order valence-electron chi connectivity index (χ2n) is 4.71. The molecule has 1 aliphatic carbocycles. The van der Waals surface area contributed by atoms with Crippen LogP contribution in [0, 0.1) is 12.8 Å². The van der Waals surface area contributed by atoms with E-state index in [-0.39, 0.29) is 0 Å². The molecule has 0 amide bonds. The fourth-order valence-corrected chi connectivity index (χ4v) is 3.52. The van der Waals surface area contributed by atoms with Crippen molar-refractivity contribution >= 4 is 11.3 Å². The Morgan fingerprint density at radius 1 is 1.47 bits per heavy atom. The zero-order valence-electron chi connectivity index (χ0n) is 9.92. The Bertz CT molecular complexity index is 318. The van der Waals surface area contributed by atoms with Gasteiger partial charge in [0.15, 0.2) is 0 Å². The normalized spacial score (nSPS) is 30.2. The van der Waals surface area contributed by atoms with Crippen LogP contribution in [0.2, 0.25) is 0 Å². The van der Waals surface area contributed by atoms with Crippen molar-refractivity contribution in [2.24, 2.45) is 5.92 Å². The first-order valence-electron chi connectivity index (χ1n) is 6.02. The van der Waals surface area contributed by atoms with Crippen molar-refractivity contribution in [3.05, 3.63) is 21.9 Å². The van der Waals surface area contributed by atoms with E-state index in [0.29, 0.717) is 0 Å². The summed E-state index contributed by atoms with van der Waals surface area (Å²) < 4.78 is 0. The van der Waals surface area contributed by atoms with Gasteiger partial charge in [-0.3, -0.25) is 0 Å². The summed E-state index contributed by atoms with van der Waals surface area (Å²) in [5, 5.41) is 3.63. The van der Waals surface area contributed by atoms with Crippen molar-refractivity contribution in [2.75, 3.05) is 6.54 Å². The standard InChI is InChI=1S/C13H21NS/c1-4-7-14-12-8-11(10(12)3)13-6-5-9(2)15-13/h5-6,10-12,14H,4,7-8H2,1-3H3. The van der Waals surface area contributed by atoms with Gasteiger partial charge in [0.2, 0.25) is 0 Å². The number of rotatable bonds is 4. The molecule has 3 unspecified atom stereocenters. The lowest BCUT2D eigenvalue weighted by atomic mass is 9.69. The summed E-state index contributed by atoms with van der Waals surface area (Å²) in [6.07, 6.45) is 2.58. The Hall–Kier alpha value is -0.340. The van der Waals surface area contributed by atoms with Crippen LogP contribution in [-0.2, 0) is 0 Å². The molecule has 1 nitrogen and oxygen atoms in total. The van der Waals surface area contributed by atoms with Gasteiger partial charge in [-0.15, -0.1) is 11.3 Å². The lowest BCUT2D eigenvalue weighted by molar-refractivity contribution is 0.187.